The van der Waals surface area contributed by atoms with Crippen molar-refractivity contribution in [3.63, 3.8) is 0 Å². The average molecular weight is 313 g/mol. The highest BCUT2D eigenvalue weighted by Gasteiger charge is 2.45. The lowest BCUT2D eigenvalue weighted by molar-refractivity contribution is -0.136. The van der Waals surface area contributed by atoms with Crippen molar-refractivity contribution in [3.8, 4) is 5.75 Å². The summed E-state index contributed by atoms with van der Waals surface area (Å²) in [6, 6.07) is 3.94. The van der Waals surface area contributed by atoms with Crippen LogP contribution >= 0.6 is 0 Å². The summed E-state index contributed by atoms with van der Waals surface area (Å²) in [5.41, 5.74) is 2.58. The first-order valence-corrected chi connectivity index (χ1v) is 8.60. The fraction of sp³-hybridized carbons (Fsp3) is 0.579. The summed E-state index contributed by atoms with van der Waals surface area (Å²) < 4.78 is 6.31. The molecule has 122 valence electrons. The van der Waals surface area contributed by atoms with Gasteiger partial charge in [0.1, 0.15) is 11.4 Å². The average Bonchev–Trinajstić information content (AvgIpc) is 3.34. The van der Waals surface area contributed by atoms with Crippen LogP contribution in [-0.4, -0.2) is 35.3 Å². The zero-order valence-corrected chi connectivity index (χ0v) is 13.9. The van der Waals surface area contributed by atoms with Gasteiger partial charge in [0.15, 0.2) is 5.78 Å². The standard InChI is InChI=1S/C19H23NO3/c1-12-9-15-16(21)11-19(23-17(15)10-13(12)2)5-7-20(8-6-19)18(22)14-3-4-14/h9-10,14H,3-8,11H2,1-2H3. The Hall–Kier alpha value is -1.84. The Morgan fingerprint density at radius 3 is 2.48 bits per heavy atom. The molecule has 1 saturated carbocycles. The molecule has 1 saturated heterocycles. The molecule has 23 heavy (non-hydrogen) atoms. The van der Waals surface area contributed by atoms with E-state index in [0.29, 0.717) is 25.4 Å². The van der Waals surface area contributed by atoms with E-state index in [2.05, 4.69) is 0 Å². The summed E-state index contributed by atoms with van der Waals surface area (Å²) in [6.45, 7) is 5.49. The molecule has 4 rings (SSSR count). The smallest absolute Gasteiger partial charge is 0.225 e. The van der Waals surface area contributed by atoms with E-state index in [-0.39, 0.29) is 11.7 Å². The number of aryl methyl sites for hydroxylation is 2. The molecule has 4 nitrogen and oxygen atoms in total. The molecule has 0 unspecified atom stereocenters. The number of hydrogen-bond acceptors (Lipinski definition) is 3. The summed E-state index contributed by atoms with van der Waals surface area (Å²) in [6.07, 6.45) is 4.03. The van der Waals surface area contributed by atoms with Crippen LogP contribution < -0.4 is 4.74 Å². The van der Waals surface area contributed by atoms with Gasteiger partial charge in [-0.1, -0.05) is 0 Å². The third kappa shape index (κ3) is 2.54. The minimum atomic E-state index is -0.411. The molecule has 1 aromatic carbocycles. The van der Waals surface area contributed by atoms with Gasteiger partial charge >= 0.3 is 0 Å². The zero-order valence-electron chi connectivity index (χ0n) is 13.9. The number of likely N-dealkylation sites (tertiary alicyclic amines) is 1. The maximum Gasteiger partial charge on any atom is 0.225 e. The second-order valence-electron chi connectivity index (χ2n) is 7.42. The Balaban J connectivity index is 1.53. The van der Waals surface area contributed by atoms with Crippen LogP contribution in [0.1, 0.15) is 53.6 Å². The monoisotopic (exact) mass is 313 g/mol. The SMILES string of the molecule is Cc1cc2c(cc1C)C(=O)CC1(CCN(C(=O)C3CC3)CC1)O2. The summed E-state index contributed by atoms with van der Waals surface area (Å²) in [5.74, 6) is 1.47. The van der Waals surface area contributed by atoms with Crippen molar-refractivity contribution in [2.75, 3.05) is 13.1 Å². The van der Waals surface area contributed by atoms with Crippen LogP contribution in [0.3, 0.4) is 0 Å². The van der Waals surface area contributed by atoms with Gasteiger partial charge in [-0.15, -0.1) is 0 Å². The number of ketones is 1. The van der Waals surface area contributed by atoms with Crippen molar-refractivity contribution < 1.29 is 14.3 Å². The maximum absolute atomic E-state index is 12.6. The van der Waals surface area contributed by atoms with Gasteiger partial charge in [-0.3, -0.25) is 9.59 Å². The normalized spacial score (nSPS) is 22.7. The quantitative estimate of drug-likeness (QED) is 0.800. The number of piperidine rings is 1. The predicted octanol–water partition coefficient (Wildman–Crippen LogP) is 3.04. The van der Waals surface area contributed by atoms with E-state index in [0.717, 1.165) is 48.1 Å². The molecule has 0 N–H and O–H groups in total. The van der Waals surface area contributed by atoms with Gasteiger partial charge in [0.25, 0.3) is 0 Å². The lowest BCUT2D eigenvalue weighted by Gasteiger charge is -2.44. The molecule has 2 fully saturated rings. The third-order valence-corrected chi connectivity index (χ3v) is 5.62. The summed E-state index contributed by atoms with van der Waals surface area (Å²) >= 11 is 0. The Kier molecular flexibility index (Phi) is 3.26. The van der Waals surface area contributed by atoms with E-state index in [4.69, 9.17) is 4.74 Å². The number of nitrogens with zero attached hydrogens (tertiary/aromatic N) is 1. The molecular weight excluding hydrogens is 290 g/mol. The Morgan fingerprint density at radius 1 is 1.17 bits per heavy atom. The first kappa shape index (κ1) is 14.7. The van der Waals surface area contributed by atoms with Crippen molar-refractivity contribution in [1.29, 1.82) is 0 Å². The molecular formula is C19H23NO3. The molecule has 0 radical (unpaired) electrons. The van der Waals surface area contributed by atoms with Gasteiger partial charge in [0, 0.05) is 31.8 Å². The molecule has 0 bridgehead atoms. The second kappa shape index (κ2) is 5.08. The van der Waals surface area contributed by atoms with Crippen molar-refractivity contribution in [2.45, 2.75) is 51.6 Å². The maximum atomic E-state index is 12.6. The van der Waals surface area contributed by atoms with Gasteiger partial charge in [-0.25, -0.2) is 0 Å². The topological polar surface area (TPSA) is 46.6 Å². The molecule has 0 aromatic heterocycles. The van der Waals surface area contributed by atoms with Gasteiger partial charge in [0.05, 0.1) is 12.0 Å². The second-order valence-corrected chi connectivity index (χ2v) is 7.42. The Bertz CT molecular complexity index is 682. The lowest BCUT2D eigenvalue weighted by Crippen LogP contribution is -2.52. The van der Waals surface area contributed by atoms with E-state index < -0.39 is 5.60 Å². The van der Waals surface area contributed by atoms with E-state index in [1.54, 1.807) is 0 Å². The van der Waals surface area contributed by atoms with Crippen molar-refractivity contribution in [1.82, 2.24) is 4.90 Å². The van der Waals surface area contributed by atoms with Crippen LogP contribution in [-0.2, 0) is 4.79 Å². The van der Waals surface area contributed by atoms with E-state index in [9.17, 15) is 9.59 Å². The predicted molar refractivity (Wildman–Crippen MR) is 86.8 cm³/mol. The van der Waals surface area contributed by atoms with Crippen molar-refractivity contribution in [2.24, 2.45) is 5.92 Å². The third-order valence-electron chi connectivity index (χ3n) is 5.62. The first-order valence-electron chi connectivity index (χ1n) is 8.60. The fourth-order valence-electron chi connectivity index (χ4n) is 3.75. The van der Waals surface area contributed by atoms with E-state index in [1.807, 2.05) is 30.9 Å². The fourth-order valence-corrected chi connectivity index (χ4v) is 3.75. The van der Waals surface area contributed by atoms with Crippen LogP contribution in [0, 0.1) is 19.8 Å². The number of Topliss-reactive ketones (excluding diaryl/α,β-unsaturated/α-hetero) is 1. The van der Waals surface area contributed by atoms with Crippen molar-refractivity contribution >= 4 is 11.7 Å². The lowest BCUT2D eigenvalue weighted by atomic mass is 9.82. The molecule has 1 amide bonds. The molecule has 2 heterocycles. The van der Waals surface area contributed by atoms with Gasteiger partial charge in [0.2, 0.25) is 5.91 Å². The van der Waals surface area contributed by atoms with Crippen LogP contribution in [0.15, 0.2) is 12.1 Å². The number of rotatable bonds is 1. The number of hydrogen-bond donors (Lipinski definition) is 0. The number of fused-ring (bicyclic) bond motifs is 1. The summed E-state index contributed by atoms with van der Waals surface area (Å²) in [4.78, 5) is 26.8. The molecule has 2 aliphatic heterocycles. The molecule has 1 aliphatic carbocycles. The molecule has 3 aliphatic rings. The molecule has 4 heteroatoms. The van der Waals surface area contributed by atoms with Crippen LogP contribution in [0.4, 0.5) is 0 Å². The number of carbonyl (C=O) groups is 2. The van der Waals surface area contributed by atoms with Crippen LogP contribution in [0.2, 0.25) is 0 Å². The summed E-state index contributed by atoms with van der Waals surface area (Å²) in [5, 5.41) is 0. The highest BCUT2D eigenvalue weighted by Crippen LogP contribution is 2.41. The molecule has 0 atom stereocenters. The van der Waals surface area contributed by atoms with Gasteiger partial charge in [-0.05, 0) is 49.9 Å². The molecule has 1 aromatic rings. The number of benzene rings is 1. The summed E-state index contributed by atoms with van der Waals surface area (Å²) in [7, 11) is 0. The largest absolute Gasteiger partial charge is 0.486 e. The van der Waals surface area contributed by atoms with Crippen LogP contribution in [0.5, 0.6) is 5.75 Å². The Labute approximate surface area is 136 Å². The number of carbonyl (C=O) groups excluding carboxylic acids is 2. The first-order chi connectivity index (χ1) is 11.0. The minimum Gasteiger partial charge on any atom is -0.486 e. The zero-order chi connectivity index (χ0) is 16.2. The highest BCUT2D eigenvalue weighted by atomic mass is 16.5. The van der Waals surface area contributed by atoms with Crippen LogP contribution in [0.25, 0.3) is 0 Å². The molecule has 1 spiro atoms. The Morgan fingerprint density at radius 2 is 1.83 bits per heavy atom. The van der Waals surface area contributed by atoms with Gasteiger partial charge in [-0.2, -0.15) is 0 Å². The van der Waals surface area contributed by atoms with Crippen molar-refractivity contribution in [3.05, 3.63) is 28.8 Å². The number of amides is 1. The van der Waals surface area contributed by atoms with Gasteiger partial charge < -0.3 is 9.64 Å². The highest BCUT2D eigenvalue weighted by molar-refractivity contribution is 6.00. The van der Waals surface area contributed by atoms with E-state index in [1.165, 1.54) is 0 Å². The number of ether oxygens (including phenoxy) is 1. The minimum absolute atomic E-state index is 0.177. The van der Waals surface area contributed by atoms with E-state index >= 15 is 0 Å².